The highest BCUT2D eigenvalue weighted by atomic mass is 32.1. The average Bonchev–Trinajstić information content (AvgIpc) is 2.99. The number of rotatable bonds is 4. The number of hydrogen-bond donors (Lipinski definition) is 2. The molecule has 2 N–H and O–H groups in total. The van der Waals surface area contributed by atoms with Gasteiger partial charge in [-0.05, 0) is 49.0 Å². The van der Waals surface area contributed by atoms with E-state index in [0.29, 0.717) is 17.1 Å². The third-order valence-electron chi connectivity index (χ3n) is 4.91. The maximum atomic E-state index is 5.47. The van der Waals surface area contributed by atoms with Crippen LogP contribution >= 0.6 is 12.2 Å². The van der Waals surface area contributed by atoms with Crippen LogP contribution in [0.5, 0.6) is 0 Å². The van der Waals surface area contributed by atoms with Crippen LogP contribution in [0.4, 0.5) is 5.69 Å². The van der Waals surface area contributed by atoms with Gasteiger partial charge in [-0.15, -0.1) is 0 Å². The average molecular weight is 343 g/mol. The lowest BCUT2D eigenvalue weighted by atomic mass is 9.86. The molecule has 3 rings (SSSR count). The van der Waals surface area contributed by atoms with Crippen molar-refractivity contribution in [2.75, 3.05) is 5.32 Å². The van der Waals surface area contributed by atoms with Crippen LogP contribution in [-0.4, -0.2) is 20.9 Å². The molecule has 1 fully saturated rings. The Morgan fingerprint density at radius 3 is 2.88 bits per heavy atom. The quantitative estimate of drug-likeness (QED) is 0.821. The normalized spacial score (nSPS) is 20.6. The summed E-state index contributed by atoms with van der Waals surface area (Å²) in [5.41, 5.74) is 3.50. The molecule has 1 heterocycles. The van der Waals surface area contributed by atoms with Crippen molar-refractivity contribution < 1.29 is 0 Å². The molecule has 0 bridgehead atoms. The molecule has 5 heteroatoms. The van der Waals surface area contributed by atoms with Gasteiger partial charge in [-0.25, -0.2) is 0 Å². The van der Waals surface area contributed by atoms with Crippen molar-refractivity contribution in [3.63, 3.8) is 0 Å². The summed E-state index contributed by atoms with van der Waals surface area (Å²) in [7, 11) is 0. The van der Waals surface area contributed by atoms with E-state index < -0.39 is 0 Å². The second-order valence-corrected chi connectivity index (χ2v) is 7.23. The molecule has 0 unspecified atom stereocenters. The highest BCUT2D eigenvalue weighted by molar-refractivity contribution is 7.80. The van der Waals surface area contributed by atoms with Crippen LogP contribution in [-0.2, 0) is 6.54 Å². The van der Waals surface area contributed by atoms with Crippen LogP contribution in [0.2, 0.25) is 0 Å². The molecule has 0 saturated heterocycles. The van der Waals surface area contributed by atoms with E-state index in [0.717, 1.165) is 12.2 Å². The topological polar surface area (TPSA) is 41.9 Å². The number of hydrogen-bond acceptors (Lipinski definition) is 2. The zero-order chi connectivity index (χ0) is 16.9. The Kier molecular flexibility index (Phi) is 5.51. The number of nitrogens with one attached hydrogen (secondary N) is 2. The molecule has 0 amide bonds. The zero-order valence-electron chi connectivity index (χ0n) is 14.5. The molecule has 128 valence electrons. The first-order valence-corrected chi connectivity index (χ1v) is 9.17. The van der Waals surface area contributed by atoms with Crippen molar-refractivity contribution in [2.24, 2.45) is 5.92 Å². The van der Waals surface area contributed by atoms with Gasteiger partial charge in [-0.3, -0.25) is 4.68 Å². The van der Waals surface area contributed by atoms with Crippen LogP contribution in [0, 0.1) is 12.8 Å². The molecule has 24 heavy (non-hydrogen) atoms. The Bertz CT molecular complexity index is 694. The van der Waals surface area contributed by atoms with Gasteiger partial charge in [0.2, 0.25) is 0 Å². The van der Waals surface area contributed by atoms with Crippen LogP contribution in [0.15, 0.2) is 36.7 Å². The molecule has 1 aromatic carbocycles. The van der Waals surface area contributed by atoms with Crippen molar-refractivity contribution >= 4 is 23.0 Å². The summed E-state index contributed by atoms with van der Waals surface area (Å²) in [6.07, 6.45) is 8.95. The number of anilines is 1. The summed E-state index contributed by atoms with van der Waals surface area (Å²) in [5.74, 6) is 0.683. The van der Waals surface area contributed by atoms with Crippen molar-refractivity contribution in [1.82, 2.24) is 15.1 Å². The second-order valence-electron chi connectivity index (χ2n) is 6.82. The van der Waals surface area contributed by atoms with E-state index in [1.54, 1.807) is 0 Å². The molecule has 0 aliphatic heterocycles. The van der Waals surface area contributed by atoms with Gasteiger partial charge in [-0.1, -0.05) is 44.0 Å². The van der Waals surface area contributed by atoms with E-state index in [1.807, 2.05) is 17.1 Å². The van der Waals surface area contributed by atoms with E-state index in [2.05, 4.69) is 53.8 Å². The number of aryl methyl sites for hydroxylation is 1. The fourth-order valence-corrected chi connectivity index (χ4v) is 3.61. The number of benzene rings is 1. The molecule has 2 aromatic rings. The summed E-state index contributed by atoms with van der Waals surface area (Å²) in [5, 5.41) is 11.9. The third-order valence-corrected chi connectivity index (χ3v) is 5.13. The summed E-state index contributed by atoms with van der Waals surface area (Å²) in [6, 6.07) is 8.88. The van der Waals surface area contributed by atoms with Gasteiger partial charge in [-0.2, -0.15) is 5.10 Å². The van der Waals surface area contributed by atoms with Gasteiger partial charge < -0.3 is 10.6 Å². The molecule has 1 saturated carbocycles. The van der Waals surface area contributed by atoms with E-state index >= 15 is 0 Å². The first-order chi connectivity index (χ1) is 11.6. The minimum atomic E-state index is 0.487. The molecule has 1 aliphatic carbocycles. The Morgan fingerprint density at radius 2 is 2.08 bits per heavy atom. The van der Waals surface area contributed by atoms with E-state index in [9.17, 15) is 0 Å². The highest BCUT2D eigenvalue weighted by Gasteiger charge is 2.21. The molecule has 4 nitrogen and oxygen atoms in total. The Labute approximate surface area is 149 Å². The van der Waals surface area contributed by atoms with Gasteiger partial charge in [0.05, 0.1) is 18.4 Å². The Morgan fingerprint density at radius 1 is 1.29 bits per heavy atom. The summed E-state index contributed by atoms with van der Waals surface area (Å²) < 4.78 is 1.94. The van der Waals surface area contributed by atoms with Crippen LogP contribution in [0.1, 0.15) is 43.7 Å². The van der Waals surface area contributed by atoms with Gasteiger partial charge in [0, 0.05) is 12.2 Å². The lowest BCUT2D eigenvalue weighted by Crippen LogP contribution is -2.43. The predicted molar refractivity (Wildman–Crippen MR) is 103 cm³/mol. The largest absolute Gasteiger partial charge is 0.359 e. The highest BCUT2D eigenvalue weighted by Crippen LogP contribution is 2.23. The Balaban J connectivity index is 1.55. The number of aromatic nitrogens is 2. The maximum Gasteiger partial charge on any atom is 0.171 e. The van der Waals surface area contributed by atoms with Crippen LogP contribution < -0.4 is 10.6 Å². The predicted octanol–water partition coefficient (Wildman–Crippen LogP) is 4.10. The van der Waals surface area contributed by atoms with E-state index in [4.69, 9.17) is 12.2 Å². The first kappa shape index (κ1) is 17.0. The number of thiocarbonyl (C=S) groups is 1. The smallest absolute Gasteiger partial charge is 0.171 e. The monoisotopic (exact) mass is 342 g/mol. The standard InChI is InChI=1S/C19H26N4S/c1-14-7-3-5-9-16(14)12-23-13-17(11-20-23)21-19(24)22-18-10-6-4-8-15(18)2/h3,5,7,9,11,13,15,18H,4,6,8,10,12H2,1-2H3,(H2,21,22,24)/t15-,18-/m0/s1. The maximum absolute atomic E-state index is 5.47. The molecular formula is C19H26N4S. The van der Waals surface area contributed by atoms with Crippen molar-refractivity contribution in [2.45, 2.75) is 52.1 Å². The first-order valence-electron chi connectivity index (χ1n) is 8.76. The van der Waals surface area contributed by atoms with Gasteiger partial charge >= 0.3 is 0 Å². The summed E-state index contributed by atoms with van der Waals surface area (Å²) in [4.78, 5) is 0. The van der Waals surface area contributed by atoms with Crippen LogP contribution in [0.25, 0.3) is 0 Å². The molecule has 2 atom stereocenters. The SMILES string of the molecule is Cc1ccccc1Cn1cc(NC(=S)N[C@H]2CCCC[C@@H]2C)cn1. The zero-order valence-corrected chi connectivity index (χ0v) is 15.3. The lowest BCUT2D eigenvalue weighted by Gasteiger charge is -2.30. The summed E-state index contributed by atoms with van der Waals surface area (Å²) in [6.45, 7) is 5.20. The molecule has 0 spiro atoms. The van der Waals surface area contributed by atoms with Crippen molar-refractivity contribution in [3.8, 4) is 0 Å². The summed E-state index contributed by atoms with van der Waals surface area (Å²) >= 11 is 5.47. The number of nitrogens with zero attached hydrogens (tertiary/aromatic N) is 2. The fourth-order valence-electron chi connectivity index (χ4n) is 3.34. The second kappa shape index (κ2) is 7.79. The molecule has 1 aliphatic rings. The minimum absolute atomic E-state index is 0.487. The van der Waals surface area contributed by atoms with Crippen LogP contribution in [0.3, 0.4) is 0 Å². The minimum Gasteiger partial charge on any atom is -0.359 e. The van der Waals surface area contributed by atoms with E-state index in [1.165, 1.54) is 36.8 Å². The van der Waals surface area contributed by atoms with Crippen molar-refractivity contribution in [1.29, 1.82) is 0 Å². The van der Waals surface area contributed by atoms with Gasteiger partial charge in [0.25, 0.3) is 0 Å². The van der Waals surface area contributed by atoms with Gasteiger partial charge in [0.1, 0.15) is 0 Å². The fraction of sp³-hybridized carbons (Fsp3) is 0.474. The molecule has 0 radical (unpaired) electrons. The Hall–Kier alpha value is -1.88. The molecular weight excluding hydrogens is 316 g/mol. The van der Waals surface area contributed by atoms with E-state index in [-0.39, 0.29) is 0 Å². The molecule has 1 aromatic heterocycles. The third kappa shape index (κ3) is 4.35. The van der Waals surface area contributed by atoms with Crippen molar-refractivity contribution in [3.05, 3.63) is 47.8 Å². The van der Waals surface area contributed by atoms with Gasteiger partial charge in [0.15, 0.2) is 5.11 Å². The lowest BCUT2D eigenvalue weighted by molar-refractivity contribution is 0.309.